The molecule has 5 nitrogen and oxygen atoms in total. The molecule has 2 aliphatic rings. The number of piperazine rings is 1. The zero-order chi connectivity index (χ0) is 17.1. The van der Waals surface area contributed by atoms with E-state index in [1.807, 2.05) is 18.7 Å². The summed E-state index contributed by atoms with van der Waals surface area (Å²) < 4.78 is 5.86. The molecule has 3 rings (SSSR count). The number of amides is 1. The van der Waals surface area contributed by atoms with Gasteiger partial charge in [-0.1, -0.05) is 17.7 Å². The molecule has 140 valence electrons. The predicted molar refractivity (Wildman–Crippen MR) is 103 cm³/mol. The first-order valence-corrected chi connectivity index (χ1v) is 8.98. The lowest BCUT2D eigenvalue weighted by Crippen LogP contribution is -2.49. The third-order valence-electron chi connectivity index (χ3n) is 5.13. The van der Waals surface area contributed by atoms with Crippen molar-refractivity contribution in [3.05, 3.63) is 28.8 Å². The Bertz CT molecular complexity index is 579. The van der Waals surface area contributed by atoms with Gasteiger partial charge in [-0.25, -0.2) is 0 Å². The monoisotopic (exact) mass is 367 g/mol. The molecule has 1 atom stereocenters. The van der Waals surface area contributed by atoms with Crippen LogP contribution < -0.4 is 10.1 Å². The molecule has 0 spiro atoms. The highest BCUT2D eigenvalue weighted by Gasteiger charge is 2.31. The first kappa shape index (κ1) is 20.0. The summed E-state index contributed by atoms with van der Waals surface area (Å²) in [4.78, 5) is 17.0. The third-order valence-corrected chi connectivity index (χ3v) is 5.13. The van der Waals surface area contributed by atoms with Gasteiger partial charge in [0, 0.05) is 45.3 Å². The highest BCUT2D eigenvalue weighted by atomic mass is 35.5. The maximum absolute atomic E-state index is 12.5. The molecule has 1 amide bonds. The Balaban J connectivity index is 0.00000225. The van der Waals surface area contributed by atoms with Crippen molar-refractivity contribution in [3.8, 4) is 5.75 Å². The van der Waals surface area contributed by atoms with E-state index in [-0.39, 0.29) is 24.9 Å². The first-order valence-electron chi connectivity index (χ1n) is 8.98. The number of benzene rings is 1. The summed E-state index contributed by atoms with van der Waals surface area (Å²) in [6.45, 7) is 12.3. The van der Waals surface area contributed by atoms with Crippen LogP contribution in [0.15, 0.2) is 12.1 Å². The maximum atomic E-state index is 12.5. The molecule has 0 radical (unpaired) electrons. The van der Waals surface area contributed by atoms with Crippen LogP contribution in [0.2, 0.25) is 0 Å². The zero-order valence-electron chi connectivity index (χ0n) is 15.5. The number of aryl methyl sites for hydroxylation is 3. The Morgan fingerprint density at radius 3 is 2.44 bits per heavy atom. The van der Waals surface area contributed by atoms with Gasteiger partial charge in [0.25, 0.3) is 5.91 Å². The second-order valence-electron chi connectivity index (χ2n) is 7.08. The molecule has 2 fully saturated rings. The summed E-state index contributed by atoms with van der Waals surface area (Å²) in [5.41, 5.74) is 3.42. The number of carbonyl (C=O) groups is 1. The van der Waals surface area contributed by atoms with E-state index < -0.39 is 0 Å². The number of hydrogen-bond acceptors (Lipinski definition) is 4. The minimum absolute atomic E-state index is 0. The van der Waals surface area contributed by atoms with E-state index in [1.165, 1.54) is 5.56 Å². The Hall–Kier alpha value is -1.30. The quantitative estimate of drug-likeness (QED) is 0.883. The fourth-order valence-corrected chi connectivity index (χ4v) is 3.93. The molecule has 2 heterocycles. The second kappa shape index (κ2) is 8.88. The summed E-state index contributed by atoms with van der Waals surface area (Å²) in [7, 11) is 0. The van der Waals surface area contributed by atoms with Gasteiger partial charge in [0.2, 0.25) is 0 Å². The average molecular weight is 368 g/mol. The molecule has 0 saturated carbocycles. The van der Waals surface area contributed by atoms with Gasteiger partial charge < -0.3 is 15.0 Å². The van der Waals surface area contributed by atoms with Gasteiger partial charge in [-0.15, -0.1) is 12.4 Å². The molecule has 0 bridgehead atoms. The van der Waals surface area contributed by atoms with Gasteiger partial charge in [0.15, 0.2) is 6.61 Å². The van der Waals surface area contributed by atoms with Crippen molar-refractivity contribution >= 4 is 18.3 Å². The number of nitrogens with zero attached hydrogens (tertiary/aromatic N) is 2. The lowest BCUT2D eigenvalue weighted by atomic mass is 10.1. The van der Waals surface area contributed by atoms with Crippen molar-refractivity contribution in [1.29, 1.82) is 0 Å². The molecule has 25 heavy (non-hydrogen) atoms. The van der Waals surface area contributed by atoms with E-state index >= 15 is 0 Å². The number of hydrogen-bond donors (Lipinski definition) is 1. The van der Waals surface area contributed by atoms with Crippen molar-refractivity contribution in [2.75, 3.05) is 45.9 Å². The lowest BCUT2D eigenvalue weighted by molar-refractivity contribution is -0.132. The first-order chi connectivity index (χ1) is 11.5. The highest BCUT2D eigenvalue weighted by Crippen LogP contribution is 2.25. The van der Waals surface area contributed by atoms with Crippen LogP contribution in [-0.4, -0.2) is 67.6 Å². The number of halogens is 1. The van der Waals surface area contributed by atoms with Crippen molar-refractivity contribution in [2.24, 2.45) is 0 Å². The molecule has 0 aromatic heterocycles. The molecule has 1 unspecified atom stereocenters. The van der Waals surface area contributed by atoms with Crippen molar-refractivity contribution < 1.29 is 9.53 Å². The fourth-order valence-electron chi connectivity index (χ4n) is 3.93. The van der Waals surface area contributed by atoms with Gasteiger partial charge in [-0.05, 0) is 38.3 Å². The second-order valence-corrected chi connectivity index (χ2v) is 7.08. The number of nitrogens with one attached hydrogen (secondary N) is 1. The van der Waals surface area contributed by atoms with Crippen LogP contribution in [0.3, 0.4) is 0 Å². The molecule has 6 heteroatoms. The Labute approximate surface area is 157 Å². The third kappa shape index (κ3) is 4.87. The Morgan fingerprint density at radius 2 is 1.80 bits per heavy atom. The van der Waals surface area contributed by atoms with Gasteiger partial charge in [0.05, 0.1) is 0 Å². The summed E-state index contributed by atoms with van der Waals surface area (Å²) in [5, 5.41) is 3.38. The number of carbonyl (C=O) groups excluding carboxylic acids is 1. The molecule has 2 aliphatic heterocycles. The molecule has 1 N–H and O–H groups in total. The molecule has 1 aromatic rings. The largest absolute Gasteiger partial charge is 0.483 e. The van der Waals surface area contributed by atoms with E-state index in [0.29, 0.717) is 6.04 Å². The predicted octanol–water partition coefficient (Wildman–Crippen LogP) is 1.92. The van der Waals surface area contributed by atoms with E-state index in [9.17, 15) is 4.79 Å². The van der Waals surface area contributed by atoms with Crippen molar-refractivity contribution in [2.45, 2.75) is 33.2 Å². The minimum atomic E-state index is 0. The topological polar surface area (TPSA) is 44.8 Å². The van der Waals surface area contributed by atoms with E-state index in [2.05, 4.69) is 29.3 Å². The van der Waals surface area contributed by atoms with Crippen LogP contribution in [0.1, 0.15) is 23.1 Å². The van der Waals surface area contributed by atoms with Crippen LogP contribution >= 0.6 is 12.4 Å². The van der Waals surface area contributed by atoms with E-state index in [1.54, 1.807) is 0 Å². The zero-order valence-corrected chi connectivity index (χ0v) is 16.3. The highest BCUT2D eigenvalue weighted by molar-refractivity contribution is 5.85. The molecular formula is C19H30ClN3O2. The number of rotatable bonds is 4. The van der Waals surface area contributed by atoms with Crippen LogP contribution in [0.5, 0.6) is 5.75 Å². The summed E-state index contributed by atoms with van der Waals surface area (Å²) in [6.07, 6.45) is 1.08. The molecular weight excluding hydrogens is 338 g/mol. The van der Waals surface area contributed by atoms with Crippen molar-refractivity contribution in [1.82, 2.24) is 15.1 Å². The fraction of sp³-hybridized carbons (Fsp3) is 0.632. The minimum Gasteiger partial charge on any atom is -0.483 e. The van der Waals surface area contributed by atoms with Crippen LogP contribution in [-0.2, 0) is 4.79 Å². The maximum Gasteiger partial charge on any atom is 0.260 e. The standard InChI is InChI=1S/C19H29N3O2.ClH/c1-14-10-15(2)19(16(3)11-14)24-13-18(23)22-7-4-17(12-22)21-8-5-20-6-9-21;/h10-11,17,20H,4-9,12-13H2,1-3H3;1H. The van der Waals surface area contributed by atoms with Gasteiger partial charge >= 0.3 is 0 Å². The molecule has 2 saturated heterocycles. The van der Waals surface area contributed by atoms with Crippen LogP contribution in [0.4, 0.5) is 0 Å². The van der Waals surface area contributed by atoms with Crippen molar-refractivity contribution in [3.63, 3.8) is 0 Å². The van der Waals surface area contributed by atoms with Gasteiger partial charge in [0.1, 0.15) is 5.75 Å². The van der Waals surface area contributed by atoms with E-state index in [0.717, 1.165) is 62.6 Å². The van der Waals surface area contributed by atoms with Gasteiger partial charge in [-0.2, -0.15) is 0 Å². The number of likely N-dealkylation sites (tertiary alicyclic amines) is 1. The average Bonchev–Trinajstić information content (AvgIpc) is 3.04. The summed E-state index contributed by atoms with van der Waals surface area (Å²) in [5.74, 6) is 0.957. The Morgan fingerprint density at radius 1 is 1.16 bits per heavy atom. The summed E-state index contributed by atoms with van der Waals surface area (Å²) >= 11 is 0. The molecule has 0 aliphatic carbocycles. The van der Waals surface area contributed by atoms with Gasteiger partial charge in [-0.3, -0.25) is 9.69 Å². The Kier molecular flexibility index (Phi) is 7.11. The van der Waals surface area contributed by atoms with Crippen LogP contribution in [0, 0.1) is 20.8 Å². The summed E-state index contributed by atoms with van der Waals surface area (Å²) in [6, 6.07) is 4.71. The van der Waals surface area contributed by atoms with E-state index in [4.69, 9.17) is 4.74 Å². The smallest absolute Gasteiger partial charge is 0.260 e. The number of ether oxygens (including phenoxy) is 1. The normalized spacial score (nSPS) is 21.1. The SMILES string of the molecule is Cc1cc(C)c(OCC(=O)N2CCC(N3CCNCC3)C2)c(C)c1.Cl. The molecule has 1 aromatic carbocycles. The lowest BCUT2D eigenvalue weighted by Gasteiger charge is -2.32. The van der Waals surface area contributed by atoms with Crippen LogP contribution in [0.25, 0.3) is 0 Å².